The molecule has 0 saturated heterocycles. The zero-order valence-electron chi connectivity index (χ0n) is 14.5. The SMILES string of the molecule is C[C@@H]1C[C@@H]1c1ccc(/C=C\C(=O)NCc2ccc(-n3cncn3)cc2)o1. The van der Waals surface area contributed by atoms with E-state index < -0.39 is 0 Å². The van der Waals surface area contributed by atoms with Crippen LogP contribution in [0, 0.1) is 5.92 Å². The summed E-state index contributed by atoms with van der Waals surface area (Å²) in [7, 11) is 0. The number of carbonyl (C=O) groups excluding carboxylic acids is 1. The van der Waals surface area contributed by atoms with Crippen molar-refractivity contribution in [2.24, 2.45) is 5.92 Å². The molecule has 1 aromatic carbocycles. The number of hydrogen-bond acceptors (Lipinski definition) is 4. The van der Waals surface area contributed by atoms with Crippen molar-refractivity contribution in [3.8, 4) is 5.69 Å². The molecule has 4 rings (SSSR count). The molecule has 1 saturated carbocycles. The van der Waals surface area contributed by atoms with Gasteiger partial charge < -0.3 is 9.73 Å². The van der Waals surface area contributed by atoms with Crippen LogP contribution >= 0.6 is 0 Å². The summed E-state index contributed by atoms with van der Waals surface area (Å²) in [6.45, 7) is 2.68. The van der Waals surface area contributed by atoms with Crippen LogP contribution in [0.25, 0.3) is 11.8 Å². The van der Waals surface area contributed by atoms with Gasteiger partial charge in [0, 0.05) is 18.5 Å². The van der Waals surface area contributed by atoms with Crippen LogP contribution in [0.5, 0.6) is 0 Å². The van der Waals surface area contributed by atoms with E-state index in [4.69, 9.17) is 4.42 Å². The van der Waals surface area contributed by atoms with Gasteiger partial charge in [-0.05, 0) is 48.2 Å². The molecule has 0 spiro atoms. The first-order valence-corrected chi connectivity index (χ1v) is 8.68. The third-order valence-corrected chi connectivity index (χ3v) is 4.61. The van der Waals surface area contributed by atoms with E-state index in [2.05, 4.69) is 22.3 Å². The highest BCUT2D eigenvalue weighted by molar-refractivity contribution is 5.91. The van der Waals surface area contributed by atoms with Crippen LogP contribution in [0.15, 0.2) is 59.5 Å². The lowest BCUT2D eigenvalue weighted by Crippen LogP contribution is -2.20. The fraction of sp³-hybridized carbons (Fsp3) is 0.250. The van der Waals surface area contributed by atoms with Gasteiger partial charge in [-0.3, -0.25) is 4.79 Å². The quantitative estimate of drug-likeness (QED) is 0.694. The van der Waals surface area contributed by atoms with E-state index in [1.165, 1.54) is 18.8 Å². The van der Waals surface area contributed by atoms with E-state index in [-0.39, 0.29) is 5.91 Å². The third-order valence-electron chi connectivity index (χ3n) is 4.61. The van der Waals surface area contributed by atoms with Crippen molar-refractivity contribution in [2.75, 3.05) is 0 Å². The maximum absolute atomic E-state index is 12.0. The van der Waals surface area contributed by atoms with Gasteiger partial charge in [0.1, 0.15) is 24.2 Å². The Bertz CT molecular complexity index is 910. The van der Waals surface area contributed by atoms with Gasteiger partial charge in [0.15, 0.2) is 0 Å². The van der Waals surface area contributed by atoms with E-state index in [1.54, 1.807) is 17.1 Å². The lowest BCUT2D eigenvalue weighted by Gasteiger charge is -2.04. The Labute approximate surface area is 151 Å². The number of carbonyl (C=O) groups is 1. The number of nitrogens with zero attached hydrogens (tertiary/aromatic N) is 3. The number of benzene rings is 1. The van der Waals surface area contributed by atoms with Crippen molar-refractivity contribution in [1.82, 2.24) is 20.1 Å². The molecule has 132 valence electrons. The molecular formula is C20H20N4O2. The Morgan fingerprint density at radius 3 is 2.81 bits per heavy atom. The second kappa shape index (κ2) is 7.00. The normalized spacial score (nSPS) is 19.0. The van der Waals surface area contributed by atoms with Crippen molar-refractivity contribution in [2.45, 2.75) is 25.8 Å². The van der Waals surface area contributed by atoms with E-state index in [0.717, 1.165) is 17.0 Å². The Hall–Kier alpha value is -3.15. The summed E-state index contributed by atoms with van der Waals surface area (Å²) < 4.78 is 7.45. The first kappa shape index (κ1) is 16.3. The molecule has 0 aliphatic heterocycles. The topological polar surface area (TPSA) is 73.0 Å². The fourth-order valence-corrected chi connectivity index (χ4v) is 2.89. The molecule has 3 aromatic rings. The largest absolute Gasteiger partial charge is 0.461 e. The summed E-state index contributed by atoms with van der Waals surface area (Å²) in [5.41, 5.74) is 1.94. The van der Waals surface area contributed by atoms with Crippen LogP contribution < -0.4 is 5.32 Å². The van der Waals surface area contributed by atoms with Gasteiger partial charge in [0.2, 0.25) is 5.91 Å². The Morgan fingerprint density at radius 2 is 2.12 bits per heavy atom. The molecule has 26 heavy (non-hydrogen) atoms. The highest BCUT2D eigenvalue weighted by Gasteiger charge is 2.36. The van der Waals surface area contributed by atoms with Gasteiger partial charge in [-0.15, -0.1) is 0 Å². The molecule has 6 nitrogen and oxygen atoms in total. The molecule has 1 N–H and O–H groups in total. The van der Waals surface area contributed by atoms with Crippen LogP contribution in [0.2, 0.25) is 0 Å². The summed E-state index contributed by atoms with van der Waals surface area (Å²) in [4.78, 5) is 15.9. The van der Waals surface area contributed by atoms with E-state index in [0.29, 0.717) is 24.1 Å². The number of aromatic nitrogens is 3. The zero-order chi connectivity index (χ0) is 17.9. The molecule has 0 radical (unpaired) electrons. The Balaban J connectivity index is 1.29. The standard InChI is InChI=1S/C20H20N4O2/c1-14-10-18(14)19-8-6-17(26-19)7-9-20(25)22-11-15-2-4-16(5-3-15)24-13-21-12-23-24/h2-9,12-14,18H,10-11H2,1H3,(H,22,25)/b9-7-/t14-,18+/m1/s1. The summed E-state index contributed by atoms with van der Waals surface area (Å²) in [5, 5.41) is 6.95. The monoisotopic (exact) mass is 348 g/mol. The molecule has 1 aliphatic carbocycles. The molecule has 0 bridgehead atoms. The van der Waals surface area contributed by atoms with Gasteiger partial charge in [-0.25, -0.2) is 9.67 Å². The van der Waals surface area contributed by atoms with Crippen LogP contribution in [0.3, 0.4) is 0 Å². The van der Waals surface area contributed by atoms with Crippen LogP contribution in [-0.4, -0.2) is 20.7 Å². The van der Waals surface area contributed by atoms with Gasteiger partial charge in [0.25, 0.3) is 0 Å². The molecule has 1 amide bonds. The first-order valence-electron chi connectivity index (χ1n) is 8.68. The maximum atomic E-state index is 12.0. The third kappa shape index (κ3) is 3.74. The summed E-state index contributed by atoms with van der Waals surface area (Å²) in [6, 6.07) is 11.7. The van der Waals surface area contributed by atoms with Crippen LogP contribution in [0.1, 0.15) is 36.3 Å². The molecule has 2 aromatic heterocycles. The number of furan rings is 1. The second-order valence-electron chi connectivity index (χ2n) is 6.62. The predicted octanol–water partition coefficient (Wildman–Crippen LogP) is 3.31. The van der Waals surface area contributed by atoms with Crippen LogP contribution in [-0.2, 0) is 11.3 Å². The number of rotatable bonds is 6. The second-order valence-corrected chi connectivity index (χ2v) is 6.62. The Morgan fingerprint density at radius 1 is 1.31 bits per heavy atom. The highest BCUT2D eigenvalue weighted by Crippen LogP contribution is 2.47. The minimum Gasteiger partial charge on any atom is -0.461 e. The maximum Gasteiger partial charge on any atom is 0.244 e. The first-order chi connectivity index (χ1) is 12.7. The van der Waals surface area contributed by atoms with Gasteiger partial charge >= 0.3 is 0 Å². The molecule has 2 heterocycles. The number of nitrogens with one attached hydrogen (secondary N) is 1. The van der Waals surface area contributed by atoms with Gasteiger partial charge in [-0.2, -0.15) is 5.10 Å². The van der Waals surface area contributed by atoms with Gasteiger partial charge in [-0.1, -0.05) is 19.1 Å². The molecule has 6 heteroatoms. The average molecular weight is 348 g/mol. The van der Waals surface area contributed by atoms with Crippen LogP contribution in [0.4, 0.5) is 0 Å². The van der Waals surface area contributed by atoms with Crippen molar-refractivity contribution >= 4 is 12.0 Å². The Kier molecular flexibility index (Phi) is 4.39. The molecule has 1 fully saturated rings. The molecule has 2 atom stereocenters. The molecule has 0 unspecified atom stereocenters. The summed E-state index contributed by atoms with van der Waals surface area (Å²) in [6.07, 6.45) is 7.54. The summed E-state index contributed by atoms with van der Waals surface area (Å²) in [5.74, 6) is 2.84. The molecule has 1 aliphatic rings. The van der Waals surface area contributed by atoms with Gasteiger partial charge in [0.05, 0.1) is 5.69 Å². The zero-order valence-corrected chi connectivity index (χ0v) is 14.5. The predicted molar refractivity (Wildman–Crippen MR) is 97.5 cm³/mol. The minimum atomic E-state index is -0.150. The minimum absolute atomic E-state index is 0.150. The molecular weight excluding hydrogens is 328 g/mol. The number of amides is 1. The van der Waals surface area contributed by atoms with Crippen molar-refractivity contribution in [3.63, 3.8) is 0 Å². The number of hydrogen-bond donors (Lipinski definition) is 1. The van der Waals surface area contributed by atoms with Crippen molar-refractivity contribution < 1.29 is 9.21 Å². The lowest BCUT2D eigenvalue weighted by molar-refractivity contribution is -0.116. The fourth-order valence-electron chi connectivity index (χ4n) is 2.89. The van der Waals surface area contributed by atoms with E-state index >= 15 is 0 Å². The van der Waals surface area contributed by atoms with Crippen molar-refractivity contribution in [3.05, 3.63) is 72.2 Å². The van der Waals surface area contributed by atoms with E-state index in [1.807, 2.05) is 36.4 Å². The van der Waals surface area contributed by atoms with E-state index in [9.17, 15) is 4.79 Å². The average Bonchev–Trinajstić information content (AvgIpc) is 3.10. The lowest BCUT2D eigenvalue weighted by atomic mass is 10.2. The summed E-state index contributed by atoms with van der Waals surface area (Å²) >= 11 is 0. The smallest absolute Gasteiger partial charge is 0.244 e. The van der Waals surface area contributed by atoms with Crippen molar-refractivity contribution in [1.29, 1.82) is 0 Å². The highest BCUT2D eigenvalue weighted by atomic mass is 16.3.